The maximum atomic E-state index is 10.8. The molecule has 1 heterocycles. The van der Waals surface area contributed by atoms with Gasteiger partial charge in [-0.25, -0.2) is 0 Å². The molecule has 2 aromatic carbocycles. The minimum absolute atomic E-state index is 0.541. The van der Waals surface area contributed by atoms with E-state index < -0.39 is 0 Å². The molecule has 3 aromatic rings. The van der Waals surface area contributed by atoms with Gasteiger partial charge in [0.15, 0.2) is 0 Å². The first-order chi connectivity index (χ1) is 10.8. The predicted molar refractivity (Wildman–Crippen MR) is 85.8 cm³/mol. The van der Waals surface area contributed by atoms with Crippen molar-refractivity contribution < 1.29 is 9.53 Å². The standard InChI is InChI=1S/C19H15NO2/c21-13-16-10-11-20-19(12-16)17-6-8-18(9-7-17)22-14-15-4-2-1-3-5-15/h1-13H,14H2. The van der Waals surface area contributed by atoms with E-state index in [4.69, 9.17) is 4.74 Å². The summed E-state index contributed by atoms with van der Waals surface area (Å²) in [5.41, 5.74) is 3.48. The Morgan fingerprint density at radius 2 is 1.73 bits per heavy atom. The van der Waals surface area contributed by atoms with Crippen molar-refractivity contribution in [2.24, 2.45) is 0 Å². The highest BCUT2D eigenvalue weighted by Gasteiger charge is 2.02. The number of hydrogen-bond donors (Lipinski definition) is 0. The van der Waals surface area contributed by atoms with Gasteiger partial charge in [-0.1, -0.05) is 30.3 Å². The predicted octanol–water partition coefficient (Wildman–Crippen LogP) is 4.14. The molecular weight excluding hydrogens is 274 g/mol. The van der Waals surface area contributed by atoms with E-state index >= 15 is 0 Å². The molecule has 0 N–H and O–H groups in total. The van der Waals surface area contributed by atoms with E-state index in [1.54, 1.807) is 18.3 Å². The van der Waals surface area contributed by atoms with Crippen molar-refractivity contribution in [1.82, 2.24) is 4.98 Å². The first kappa shape index (κ1) is 14.0. The smallest absolute Gasteiger partial charge is 0.150 e. The Balaban J connectivity index is 1.71. The molecule has 0 unspecified atom stereocenters. The van der Waals surface area contributed by atoms with Gasteiger partial charge in [-0.05, 0) is 42.0 Å². The second kappa shape index (κ2) is 6.68. The van der Waals surface area contributed by atoms with Crippen molar-refractivity contribution in [3.05, 3.63) is 84.1 Å². The van der Waals surface area contributed by atoms with Crippen molar-refractivity contribution in [3.8, 4) is 17.0 Å². The van der Waals surface area contributed by atoms with Gasteiger partial charge >= 0.3 is 0 Å². The highest BCUT2D eigenvalue weighted by Crippen LogP contribution is 2.21. The fourth-order valence-electron chi connectivity index (χ4n) is 2.14. The Kier molecular flexibility index (Phi) is 4.25. The van der Waals surface area contributed by atoms with Crippen molar-refractivity contribution >= 4 is 6.29 Å². The number of rotatable bonds is 5. The van der Waals surface area contributed by atoms with Gasteiger partial charge in [-0.2, -0.15) is 0 Å². The van der Waals surface area contributed by atoms with Crippen molar-refractivity contribution in [3.63, 3.8) is 0 Å². The maximum absolute atomic E-state index is 10.8. The average Bonchev–Trinajstić information content (AvgIpc) is 2.61. The van der Waals surface area contributed by atoms with Crippen molar-refractivity contribution in [2.45, 2.75) is 6.61 Å². The zero-order valence-electron chi connectivity index (χ0n) is 12.0. The molecule has 0 aliphatic heterocycles. The molecule has 0 bridgehead atoms. The highest BCUT2D eigenvalue weighted by molar-refractivity contribution is 5.77. The topological polar surface area (TPSA) is 39.2 Å². The number of nitrogens with zero attached hydrogens (tertiary/aromatic N) is 1. The van der Waals surface area contributed by atoms with Crippen LogP contribution in [0.2, 0.25) is 0 Å². The molecular formula is C19H15NO2. The van der Waals surface area contributed by atoms with Crippen LogP contribution in [-0.2, 0) is 6.61 Å². The maximum Gasteiger partial charge on any atom is 0.150 e. The van der Waals surface area contributed by atoms with E-state index in [9.17, 15) is 4.79 Å². The van der Waals surface area contributed by atoms with Gasteiger partial charge in [0.1, 0.15) is 18.6 Å². The SMILES string of the molecule is O=Cc1ccnc(-c2ccc(OCc3ccccc3)cc2)c1. The van der Waals surface area contributed by atoms with Gasteiger partial charge in [-0.15, -0.1) is 0 Å². The van der Waals surface area contributed by atoms with Gasteiger partial charge in [0.2, 0.25) is 0 Å². The van der Waals surface area contributed by atoms with Crippen LogP contribution in [0.15, 0.2) is 72.9 Å². The van der Waals surface area contributed by atoms with Gasteiger partial charge in [0.05, 0.1) is 5.69 Å². The minimum Gasteiger partial charge on any atom is -0.489 e. The summed E-state index contributed by atoms with van der Waals surface area (Å²) in [7, 11) is 0. The van der Waals surface area contributed by atoms with Crippen LogP contribution in [0.5, 0.6) is 5.75 Å². The van der Waals surface area contributed by atoms with Crippen LogP contribution in [0.3, 0.4) is 0 Å². The summed E-state index contributed by atoms with van der Waals surface area (Å²) in [6.45, 7) is 0.541. The lowest BCUT2D eigenvalue weighted by Crippen LogP contribution is -1.95. The molecule has 0 atom stereocenters. The van der Waals surface area contributed by atoms with Gasteiger partial charge in [-0.3, -0.25) is 9.78 Å². The highest BCUT2D eigenvalue weighted by atomic mass is 16.5. The van der Waals surface area contributed by atoms with E-state index in [2.05, 4.69) is 4.98 Å². The molecule has 108 valence electrons. The number of ether oxygens (including phenoxy) is 1. The van der Waals surface area contributed by atoms with Crippen LogP contribution in [0.4, 0.5) is 0 Å². The van der Waals surface area contributed by atoms with Crippen LogP contribution in [0.25, 0.3) is 11.3 Å². The number of pyridine rings is 1. The third-order valence-corrected chi connectivity index (χ3v) is 3.32. The first-order valence-electron chi connectivity index (χ1n) is 7.03. The summed E-state index contributed by atoms with van der Waals surface area (Å²) in [6.07, 6.45) is 2.46. The van der Waals surface area contributed by atoms with Gasteiger partial charge in [0.25, 0.3) is 0 Å². The number of benzene rings is 2. The van der Waals surface area contributed by atoms with Crippen LogP contribution >= 0.6 is 0 Å². The second-order valence-corrected chi connectivity index (χ2v) is 4.89. The lowest BCUT2D eigenvalue weighted by Gasteiger charge is -2.07. The molecule has 3 heteroatoms. The van der Waals surface area contributed by atoms with Crippen LogP contribution in [0.1, 0.15) is 15.9 Å². The van der Waals surface area contributed by atoms with Gasteiger partial charge in [0, 0.05) is 17.3 Å². The Morgan fingerprint density at radius 3 is 2.45 bits per heavy atom. The van der Waals surface area contributed by atoms with Crippen LogP contribution in [0, 0.1) is 0 Å². The van der Waals surface area contributed by atoms with E-state index in [0.717, 1.165) is 28.9 Å². The second-order valence-electron chi connectivity index (χ2n) is 4.89. The van der Waals surface area contributed by atoms with Crippen LogP contribution < -0.4 is 4.74 Å². The summed E-state index contributed by atoms with van der Waals surface area (Å²) in [6, 6.07) is 21.2. The zero-order chi connectivity index (χ0) is 15.2. The minimum atomic E-state index is 0.541. The third kappa shape index (κ3) is 3.38. The Hall–Kier alpha value is -2.94. The molecule has 0 aliphatic carbocycles. The van der Waals surface area contributed by atoms with E-state index in [1.807, 2.05) is 54.6 Å². The summed E-state index contributed by atoms with van der Waals surface area (Å²) < 4.78 is 5.75. The third-order valence-electron chi connectivity index (χ3n) is 3.32. The largest absolute Gasteiger partial charge is 0.489 e. The Bertz CT molecular complexity index is 752. The lowest BCUT2D eigenvalue weighted by atomic mass is 10.1. The molecule has 0 aliphatic rings. The van der Waals surface area contributed by atoms with Gasteiger partial charge < -0.3 is 4.74 Å². The number of carbonyl (C=O) groups excluding carboxylic acids is 1. The fourth-order valence-corrected chi connectivity index (χ4v) is 2.14. The quantitative estimate of drug-likeness (QED) is 0.663. The van der Waals surface area contributed by atoms with Crippen molar-refractivity contribution in [2.75, 3.05) is 0 Å². The number of aromatic nitrogens is 1. The summed E-state index contributed by atoms with van der Waals surface area (Å²) in [5.74, 6) is 0.805. The monoisotopic (exact) mass is 289 g/mol. The Labute approximate surface area is 129 Å². The number of hydrogen-bond acceptors (Lipinski definition) is 3. The molecule has 0 spiro atoms. The molecule has 3 nitrogen and oxygen atoms in total. The molecule has 1 aromatic heterocycles. The van der Waals surface area contributed by atoms with E-state index in [1.165, 1.54) is 0 Å². The zero-order valence-corrected chi connectivity index (χ0v) is 12.0. The first-order valence-corrected chi connectivity index (χ1v) is 7.03. The molecule has 0 saturated carbocycles. The van der Waals surface area contributed by atoms with Crippen LogP contribution in [-0.4, -0.2) is 11.3 Å². The molecule has 22 heavy (non-hydrogen) atoms. The average molecular weight is 289 g/mol. The summed E-state index contributed by atoms with van der Waals surface area (Å²) >= 11 is 0. The Morgan fingerprint density at radius 1 is 0.955 bits per heavy atom. The normalized spacial score (nSPS) is 10.2. The fraction of sp³-hybridized carbons (Fsp3) is 0.0526. The number of aldehydes is 1. The molecule has 0 saturated heterocycles. The molecule has 3 rings (SSSR count). The molecule has 0 amide bonds. The summed E-state index contributed by atoms with van der Waals surface area (Å²) in [5, 5.41) is 0. The lowest BCUT2D eigenvalue weighted by molar-refractivity contribution is 0.112. The van der Waals surface area contributed by atoms with Crippen molar-refractivity contribution in [1.29, 1.82) is 0 Å². The molecule has 0 radical (unpaired) electrons. The van der Waals surface area contributed by atoms with E-state index in [0.29, 0.717) is 12.2 Å². The molecule has 0 fully saturated rings. The van der Waals surface area contributed by atoms with E-state index in [-0.39, 0.29) is 0 Å². The summed E-state index contributed by atoms with van der Waals surface area (Å²) in [4.78, 5) is 15.1. The number of carbonyl (C=O) groups is 1.